The van der Waals surface area contributed by atoms with E-state index in [1.807, 2.05) is 0 Å². The van der Waals surface area contributed by atoms with E-state index in [-0.39, 0.29) is 62.6 Å². The largest absolute Gasteiger partial charge is 0.465 e. The van der Waals surface area contributed by atoms with Crippen molar-refractivity contribution in [2.75, 3.05) is 23.3 Å². The number of carbonyl (C=O) groups excluding carboxylic acids is 1. The Balaban J connectivity index is 1.41. The Hall–Kier alpha value is -4.61. The van der Waals surface area contributed by atoms with Gasteiger partial charge in [-0.15, -0.1) is 16.4 Å². The highest BCUT2D eigenvalue weighted by atomic mass is 32.1. The molecule has 3 aliphatic rings. The first-order valence-electron chi connectivity index (χ1n) is 14.4. The molecule has 0 radical (unpaired) electrons. The van der Waals surface area contributed by atoms with Crippen molar-refractivity contribution in [3.05, 3.63) is 46.7 Å². The SMILES string of the molecule is CC(C)(C)OC(=O)Nc1sc2c(F)ccc(-c3c4c(c5c(N6C7CCC6CN(C(=O)O)C7)cnnc5c3F)COC4)c2c1C#N. The van der Waals surface area contributed by atoms with E-state index in [1.165, 1.54) is 17.0 Å². The summed E-state index contributed by atoms with van der Waals surface area (Å²) in [6.45, 7) is 6.00. The van der Waals surface area contributed by atoms with Crippen LogP contribution in [-0.2, 0) is 22.7 Å². The topological polar surface area (TPSA) is 141 Å². The molecule has 2 aromatic heterocycles. The van der Waals surface area contributed by atoms with Crippen molar-refractivity contribution >= 4 is 55.2 Å². The number of thiophene rings is 1. The van der Waals surface area contributed by atoms with E-state index in [1.54, 1.807) is 27.0 Å². The lowest BCUT2D eigenvalue weighted by molar-refractivity contribution is 0.0636. The normalized spacial score (nSPS) is 19.2. The van der Waals surface area contributed by atoms with Gasteiger partial charge in [0.2, 0.25) is 0 Å². The number of aromatic nitrogens is 2. The average molecular weight is 635 g/mol. The number of piperazine rings is 1. The summed E-state index contributed by atoms with van der Waals surface area (Å²) in [4.78, 5) is 27.9. The predicted molar refractivity (Wildman–Crippen MR) is 162 cm³/mol. The number of hydrogen-bond donors (Lipinski definition) is 2. The van der Waals surface area contributed by atoms with Crippen molar-refractivity contribution in [1.29, 1.82) is 5.26 Å². The lowest BCUT2D eigenvalue weighted by atomic mass is 9.90. The first-order valence-corrected chi connectivity index (χ1v) is 15.3. The fourth-order valence-electron chi connectivity index (χ4n) is 6.85. The minimum absolute atomic E-state index is 0.00475. The van der Waals surface area contributed by atoms with Crippen LogP contribution in [-0.4, -0.2) is 63.2 Å². The van der Waals surface area contributed by atoms with Crippen molar-refractivity contribution in [1.82, 2.24) is 15.1 Å². The Morgan fingerprint density at radius 3 is 2.53 bits per heavy atom. The van der Waals surface area contributed by atoms with Gasteiger partial charge in [-0.25, -0.2) is 18.4 Å². The number of likely N-dealkylation sites (tertiary alicyclic amines) is 1. The third-order valence-corrected chi connectivity index (χ3v) is 9.65. The summed E-state index contributed by atoms with van der Waals surface area (Å²) in [6, 6.07) is 4.52. The summed E-state index contributed by atoms with van der Waals surface area (Å²) in [5, 5.41) is 31.5. The molecule has 45 heavy (non-hydrogen) atoms. The molecule has 0 saturated carbocycles. The van der Waals surface area contributed by atoms with Gasteiger partial charge in [0.25, 0.3) is 0 Å². The van der Waals surface area contributed by atoms with E-state index in [2.05, 4.69) is 26.5 Å². The van der Waals surface area contributed by atoms with Crippen LogP contribution in [0.5, 0.6) is 0 Å². The number of hydrogen-bond acceptors (Lipinski definition) is 9. The number of benzene rings is 2. The Morgan fingerprint density at radius 1 is 1.16 bits per heavy atom. The molecule has 2 saturated heterocycles. The van der Waals surface area contributed by atoms with Gasteiger partial charge in [0.05, 0.1) is 35.4 Å². The maximum absolute atomic E-state index is 16.9. The molecule has 2 bridgehead atoms. The lowest BCUT2D eigenvalue weighted by Crippen LogP contribution is -2.55. The van der Waals surface area contributed by atoms with Gasteiger partial charge in [0.1, 0.15) is 28.0 Å². The Kier molecular flexibility index (Phi) is 6.79. The minimum atomic E-state index is -0.963. The van der Waals surface area contributed by atoms with Gasteiger partial charge in [-0.3, -0.25) is 5.32 Å². The van der Waals surface area contributed by atoms with Crippen molar-refractivity contribution in [3.8, 4) is 17.2 Å². The Morgan fingerprint density at radius 2 is 1.87 bits per heavy atom. The molecule has 2 fully saturated rings. The molecule has 14 heteroatoms. The highest BCUT2D eigenvalue weighted by Gasteiger charge is 2.43. The van der Waals surface area contributed by atoms with Crippen molar-refractivity contribution < 1.29 is 33.0 Å². The second-order valence-corrected chi connectivity index (χ2v) is 13.4. The van der Waals surface area contributed by atoms with E-state index in [9.17, 15) is 20.0 Å². The molecule has 4 aromatic rings. The maximum atomic E-state index is 16.9. The summed E-state index contributed by atoms with van der Waals surface area (Å²) in [5.74, 6) is -1.32. The van der Waals surface area contributed by atoms with Gasteiger partial charge in [0.15, 0.2) is 5.82 Å². The number of anilines is 2. The van der Waals surface area contributed by atoms with Crippen LogP contribution in [0.2, 0.25) is 0 Å². The molecular formula is C31H28F2N6O5S. The van der Waals surface area contributed by atoms with Gasteiger partial charge >= 0.3 is 12.2 Å². The summed E-state index contributed by atoms with van der Waals surface area (Å²) >= 11 is 0.868. The molecule has 2 atom stereocenters. The zero-order valence-corrected chi connectivity index (χ0v) is 25.4. The molecule has 2 unspecified atom stereocenters. The molecule has 0 spiro atoms. The zero-order chi connectivity index (χ0) is 31.8. The fraction of sp³-hybridized carbons (Fsp3) is 0.387. The van der Waals surface area contributed by atoms with Gasteiger partial charge in [-0.1, -0.05) is 6.07 Å². The van der Waals surface area contributed by atoms with Crippen molar-refractivity contribution in [2.24, 2.45) is 0 Å². The number of halogens is 2. The van der Waals surface area contributed by atoms with E-state index in [4.69, 9.17) is 9.47 Å². The molecule has 3 aliphatic heterocycles. The van der Waals surface area contributed by atoms with Gasteiger partial charge in [-0.2, -0.15) is 10.4 Å². The number of carboxylic acid groups (broad SMARTS) is 1. The zero-order valence-electron chi connectivity index (χ0n) is 24.6. The molecule has 2 N–H and O–H groups in total. The van der Waals surface area contributed by atoms with Gasteiger partial charge < -0.3 is 24.4 Å². The number of nitriles is 1. The van der Waals surface area contributed by atoms with Crippen LogP contribution in [0.15, 0.2) is 18.3 Å². The number of rotatable bonds is 3. The van der Waals surface area contributed by atoms with Crippen molar-refractivity contribution in [2.45, 2.75) is 64.5 Å². The third-order valence-electron chi connectivity index (χ3n) is 8.54. The molecule has 5 heterocycles. The Bertz CT molecular complexity index is 1950. The highest BCUT2D eigenvalue weighted by Crippen LogP contribution is 2.49. The van der Waals surface area contributed by atoms with Crippen LogP contribution in [0.25, 0.3) is 32.1 Å². The van der Waals surface area contributed by atoms with Crippen LogP contribution < -0.4 is 10.2 Å². The Labute approximate surface area is 259 Å². The van der Waals surface area contributed by atoms with E-state index in [0.717, 1.165) is 24.2 Å². The number of ether oxygens (including phenoxy) is 2. The van der Waals surface area contributed by atoms with Gasteiger partial charge in [0, 0.05) is 41.5 Å². The number of nitrogens with one attached hydrogen (secondary N) is 1. The van der Waals surface area contributed by atoms with Crippen LogP contribution in [0.1, 0.15) is 50.3 Å². The molecule has 0 aliphatic carbocycles. The molecular weight excluding hydrogens is 606 g/mol. The van der Waals surface area contributed by atoms with Crippen LogP contribution >= 0.6 is 11.3 Å². The quantitative estimate of drug-likeness (QED) is 0.263. The van der Waals surface area contributed by atoms with Crippen molar-refractivity contribution in [3.63, 3.8) is 0 Å². The molecule has 11 nitrogen and oxygen atoms in total. The molecule has 232 valence electrons. The van der Waals surface area contributed by atoms with E-state index < -0.39 is 29.4 Å². The summed E-state index contributed by atoms with van der Waals surface area (Å²) < 4.78 is 43.4. The summed E-state index contributed by atoms with van der Waals surface area (Å²) in [6.07, 6.45) is 1.41. The van der Waals surface area contributed by atoms with Crippen LogP contribution in [0.3, 0.4) is 0 Å². The summed E-state index contributed by atoms with van der Waals surface area (Å²) in [5.41, 5.74) is 1.51. The predicted octanol–water partition coefficient (Wildman–Crippen LogP) is 6.37. The van der Waals surface area contributed by atoms with E-state index >= 15 is 8.78 Å². The maximum Gasteiger partial charge on any atom is 0.412 e. The second-order valence-electron chi connectivity index (χ2n) is 12.4. The van der Waals surface area contributed by atoms with Crippen LogP contribution in [0.4, 0.5) is 29.1 Å². The fourth-order valence-corrected chi connectivity index (χ4v) is 7.92. The lowest BCUT2D eigenvalue weighted by Gasteiger charge is -2.41. The van der Waals surface area contributed by atoms with Crippen LogP contribution in [0, 0.1) is 23.0 Å². The second kappa shape index (κ2) is 10.5. The smallest absolute Gasteiger partial charge is 0.412 e. The average Bonchev–Trinajstić information content (AvgIpc) is 3.67. The molecule has 2 amide bonds. The number of nitrogens with zero attached hydrogens (tertiary/aromatic N) is 5. The first-order chi connectivity index (χ1) is 21.5. The molecule has 2 aromatic carbocycles. The third kappa shape index (κ3) is 4.69. The minimum Gasteiger partial charge on any atom is -0.465 e. The van der Waals surface area contributed by atoms with Gasteiger partial charge in [-0.05, 0) is 56.4 Å². The monoisotopic (exact) mass is 634 g/mol. The standard InChI is InChI=1S/C31H28F2N6O5S/c1-31(2,3)44-29(40)36-28-17(8-34)23-16(6-7-20(32)27(23)45-28)22-18-12-43-13-19(18)24-21(9-35-37-26(24)25(22)33)39-14-4-5-15(39)11-38(10-14)30(41)42/h6-7,9,14-15H,4-5,10-13H2,1-3H3,(H,36,40)(H,41,42). The number of fused-ring (bicyclic) bond motifs is 6. The molecule has 7 rings (SSSR count). The number of amides is 2. The summed E-state index contributed by atoms with van der Waals surface area (Å²) in [7, 11) is 0. The van der Waals surface area contributed by atoms with E-state index in [0.29, 0.717) is 35.3 Å². The number of carbonyl (C=O) groups is 2. The first kappa shape index (κ1) is 29.1. The highest BCUT2D eigenvalue weighted by molar-refractivity contribution is 7.23.